The van der Waals surface area contributed by atoms with Crippen LogP contribution in [0.25, 0.3) is 0 Å². The fourth-order valence-corrected chi connectivity index (χ4v) is 3.96. The molecule has 0 aliphatic carbocycles. The number of rotatable bonds is 4. The van der Waals surface area contributed by atoms with Crippen LogP contribution in [0.2, 0.25) is 0 Å². The summed E-state index contributed by atoms with van der Waals surface area (Å²) in [5.41, 5.74) is 2.92. The Bertz CT molecular complexity index is 923. The van der Waals surface area contributed by atoms with E-state index in [1.54, 1.807) is 23.4 Å². The van der Waals surface area contributed by atoms with Crippen molar-refractivity contribution in [3.63, 3.8) is 0 Å². The molecule has 1 aliphatic heterocycles. The van der Waals surface area contributed by atoms with E-state index in [0.717, 1.165) is 21.2 Å². The molecule has 1 aliphatic rings. The van der Waals surface area contributed by atoms with Crippen molar-refractivity contribution in [3.8, 4) is 0 Å². The zero-order valence-electron chi connectivity index (χ0n) is 17.1. The molecule has 154 valence electrons. The van der Waals surface area contributed by atoms with Crippen LogP contribution >= 0.6 is 15.9 Å². The summed E-state index contributed by atoms with van der Waals surface area (Å²) in [7, 11) is 1.36. The van der Waals surface area contributed by atoms with Gasteiger partial charge in [-0.3, -0.25) is 9.88 Å². The van der Waals surface area contributed by atoms with Crippen LogP contribution in [0.4, 0.5) is 4.79 Å². The van der Waals surface area contributed by atoms with E-state index in [4.69, 9.17) is 9.47 Å². The summed E-state index contributed by atoms with van der Waals surface area (Å²) in [5, 5.41) is 0. The summed E-state index contributed by atoms with van der Waals surface area (Å²) < 4.78 is 11.5. The zero-order valence-corrected chi connectivity index (χ0v) is 18.7. The summed E-state index contributed by atoms with van der Waals surface area (Å²) in [6.07, 6.45) is 4.14. The summed E-state index contributed by atoms with van der Waals surface area (Å²) in [6.45, 7) is 6.07. The molecule has 0 fully saturated rings. The maximum Gasteiger partial charge on any atom is 0.411 e. The maximum atomic E-state index is 12.9. The first-order valence-electron chi connectivity index (χ1n) is 9.49. The predicted octanol–water partition coefficient (Wildman–Crippen LogP) is 5.06. The van der Waals surface area contributed by atoms with Crippen LogP contribution in [0.3, 0.4) is 0 Å². The molecule has 1 amide bonds. The SMILES string of the molecule is COC(=O)c1ccncc1CC[C@@H]1c2ccc(Br)cc2CN1C(=O)OC(C)(C)C. The Balaban J connectivity index is 1.86. The van der Waals surface area contributed by atoms with Crippen molar-refractivity contribution in [1.29, 1.82) is 0 Å². The third-order valence-corrected chi connectivity index (χ3v) is 5.30. The van der Waals surface area contributed by atoms with E-state index in [1.165, 1.54) is 7.11 Å². The molecule has 1 aromatic carbocycles. The minimum atomic E-state index is -0.571. The molecule has 0 saturated carbocycles. The molecule has 0 N–H and O–H groups in total. The molecule has 1 aromatic heterocycles. The van der Waals surface area contributed by atoms with Gasteiger partial charge in [0.25, 0.3) is 0 Å². The van der Waals surface area contributed by atoms with Crippen LogP contribution in [-0.2, 0) is 22.4 Å². The first kappa shape index (κ1) is 21.3. The quantitative estimate of drug-likeness (QED) is 0.596. The standard InChI is InChI=1S/C22H25BrN2O4/c1-22(2,3)29-21(27)25-13-15-11-16(23)6-7-17(15)19(25)8-5-14-12-24-10-9-18(14)20(26)28-4/h6-7,9-12,19H,5,8,13H2,1-4H3/t19-/m1/s1. The Hall–Kier alpha value is -2.41. The maximum absolute atomic E-state index is 12.9. The zero-order chi connectivity index (χ0) is 21.2. The third kappa shape index (κ3) is 4.96. The van der Waals surface area contributed by atoms with Gasteiger partial charge in [0.15, 0.2) is 0 Å². The van der Waals surface area contributed by atoms with Crippen molar-refractivity contribution in [3.05, 3.63) is 63.4 Å². The van der Waals surface area contributed by atoms with Gasteiger partial charge in [-0.2, -0.15) is 0 Å². The molecule has 0 unspecified atom stereocenters. The number of methoxy groups -OCH3 is 1. The van der Waals surface area contributed by atoms with Crippen molar-refractivity contribution in [2.24, 2.45) is 0 Å². The van der Waals surface area contributed by atoms with Gasteiger partial charge >= 0.3 is 12.1 Å². The summed E-state index contributed by atoms with van der Waals surface area (Å²) in [4.78, 5) is 30.8. The van der Waals surface area contributed by atoms with Crippen LogP contribution in [-0.4, -0.2) is 34.7 Å². The molecule has 7 heteroatoms. The van der Waals surface area contributed by atoms with Crippen molar-refractivity contribution in [2.75, 3.05) is 7.11 Å². The largest absolute Gasteiger partial charge is 0.465 e. The topological polar surface area (TPSA) is 68.7 Å². The fourth-order valence-electron chi connectivity index (χ4n) is 3.55. The second-order valence-electron chi connectivity index (χ2n) is 8.03. The average molecular weight is 461 g/mol. The number of carbonyl (C=O) groups excluding carboxylic acids is 2. The minimum Gasteiger partial charge on any atom is -0.465 e. The first-order chi connectivity index (χ1) is 13.7. The second kappa shape index (κ2) is 8.53. The molecule has 3 rings (SSSR count). The van der Waals surface area contributed by atoms with Gasteiger partial charge in [0.2, 0.25) is 0 Å². The first-order valence-corrected chi connectivity index (χ1v) is 10.3. The van der Waals surface area contributed by atoms with E-state index in [2.05, 4.69) is 20.9 Å². The van der Waals surface area contributed by atoms with E-state index in [9.17, 15) is 9.59 Å². The van der Waals surface area contributed by atoms with Crippen molar-refractivity contribution in [2.45, 2.75) is 51.8 Å². The lowest BCUT2D eigenvalue weighted by molar-refractivity contribution is 0.0164. The second-order valence-corrected chi connectivity index (χ2v) is 8.95. The van der Waals surface area contributed by atoms with Gasteiger partial charge in [0.1, 0.15) is 5.60 Å². The number of hydrogen-bond acceptors (Lipinski definition) is 5. The molecule has 0 radical (unpaired) electrons. The van der Waals surface area contributed by atoms with Crippen molar-refractivity contribution < 1.29 is 19.1 Å². The number of nitrogens with zero attached hydrogens (tertiary/aromatic N) is 2. The van der Waals surface area contributed by atoms with Crippen LogP contribution in [0.15, 0.2) is 41.1 Å². The van der Waals surface area contributed by atoms with E-state index >= 15 is 0 Å². The Morgan fingerprint density at radius 2 is 2.03 bits per heavy atom. The molecule has 0 saturated heterocycles. The average Bonchev–Trinajstić information content (AvgIpc) is 3.02. The lowest BCUT2D eigenvalue weighted by atomic mass is 9.97. The third-order valence-electron chi connectivity index (χ3n) is 4.80. The van der Waals surface area contributed by atoms with Crippen LogP contribution in [0, 0.1) is 0 Å². The van der Waals surface area contributed by atoms with Gasteiger partial charge in [-0.15, -0.1) is 0 Å². The van der Waals surface area contributed by atoms with Crippen LogP contribution in [0.1, 0.15) is 60.3 Å². The number of halogens is 1. The monoisotopic (exact) mass is 460 g/mol. The molecular formula is C22H25BrN2O4. The molecule has 2 aromatic rings. The predicted molar refractivity (Wildman–Crippen MR) is 113 cm³/mol. The van der Waals surface area contributed by atoms with Gasteiger partial charge in [0.05, 0.1) is 25.3 Å². The Morgan fingerprint density at radius 3 is 2.72 bits per heavy atom. The van der Waals surface area contributed by atoms with Crippen LogP contribution < -0.4 is 0 Å². The smallest absolute Gasteiger partial charge is 0.411 e. The number of fused-ring (bicyclic) bond motifs is 1. The van der Waals surface area contributed by atoms with Crippen LogP contribution in [0.5, 0.6) is 0 Å². The highest BCUT2D eigenvalue weighted by molar-refractivity contribution is 9.10. The van der Waals surface area contributed by atoms with E-state index in [1.807, 2.05) is 39.0 Å². The highest BCUT2D eigenvalue weighted by atomic mass is 79.9. The van der Waals surface area contributed by atoms with Gasteiger partial charge < -0.3 is 9.47 Å². The molecule has 6 nitrogen and oxygen atoms in total. The van der Waals surface area contributed by atoms with Gasteiger partial charge in [-0.25, -0.2) is 9.59 Å². The van der Waals surface area contributed by atoms with Gasteiger partial charge in [-0.05, 0) is 68.5 Å². The number of carbonyl (C=O) groups is 2. The number of amides is 1. The molecule has 1 atom stereocenters. The number of ether oxygens (including phenoxy) is 2. The number of pyridine rings is 1. The molecular weight excluding hydrogens is 436 g/mol. The molecule has 0 spiro atoms. The lowest BCUT2D eigenvalue weighted by Crippen LogP contribution is -2.36. The summed E-state index contributed by atoms with van der Waals surface area (Å²) in [6, 6.07) is 7.58. The Kier molecular flexibility index (Phi) is 6.27. The Labute approximate surface area is 179 Å². The van der Waals surface area contributed by atoms with E-state index in [-0.39, 0.29) is 18.1 Å². The fraction of sp³-hybridized carbons (Fsp3) is 0.409. The summed E-state index contributed by atoms with van der Waals surface area (Å²) >= 11 is 3.51. The van der Waals surface area contributed by atoms with E-state index < -0.39 is 5.60 Å². The number of aryl methyl sites for hydroxylation is 1. The summed E-state index contributed by atoms with van der Waals surface area (Å²) in [5.74, 6) is -0.387. The van der Waals surface area contributed by atoms with Crippen molar-refractivity contribution in [1.82, 2.24) is 9.88 Å². The highest BCUT2D eigenvalue weighted by Crippen LogP contribution is 2.39. The van der Waals surface area contributed by atoms with Gasteiger partial charge in [0, 0.05) is 16.9 Å². The highest BCUT2D eigenvalue weighted by Gasteiger charge is 2.36. The Morgan fingerprint density at radius 1 is 1.28 bits per heavy atom. The van der Waals surface area contributed by atoms with Crippen molar-refractivity contribution >= 4 is 28.0 Å². The molecule has 0 bridgehead atoms. The lowest BCUT2D eigenvalue weighted by Gasteiger charge is -2.29. The number of hydrogen-bond donors (Lipinski definition) is 0. The number of esters is 1. The molecule has 2 heterocycles. The molecule has 29 heavy (non-hydrogen) atoms. The number of aromatic nitrogens is 1. The van der Waals surface area contributed by atoms with Gasteiger partial charge in [-0.1, -0.05) is 22.0 Å². The minimum absolute atomic E-state index is 0.140. The normalized spacial score (nSPS) is 15.8. The number of benzene rings is 1. The van der Waals surface area contributed by atoms with E-state index in [0.29, 0.717) is 24.9 Å².